The summed E-state index contributed by atoms with van der Waals surface area (Å²) in [5.41, 5.74) is 2.61. The van der Waals surface area contributed by atoms with Crippen molar-refractivity contribution in [1.29, 1.82) is 0 Å². The molecule has 0 radical (unpaired) electrons. The third kappa shape index (κ3) is 2.60. The van der Waals surface area contributed by atoms with Crippen LogP contribution in [-0.4, -0.2) is 19.1 Å². The van der Waals surface area contributed by atoms with Gasteiger partial charge in [-0.3, -0.25) is 4.79 Å². The highest BCUT2D eigenvalue weighted by Gasteiger charge is 2.21. The fraction of sp³-hybridized carbons (Fsp3) is 0.500. The molecule has 0 saturated carbocycles. The Morgan fingerprint density at radius 3 is 3.06 bits per heavy atom. The van der Waals surface area contributed by atoms with Gasteiger partial charge in [-0.1, -0.05) is 19.1 Å². The first-order valence-electron chi connectivity index (χ1n) is 6.18. The van der Waals surface area contributed by atoms with Crippen LogP contribution in [0.5, 0.6) is 5.75 Å². The number of hydrogen-bond acceptors (Lipinski definition) is 2. The molecule has 1 aromatic rings. The number of nitrogens with one attached hydrogen (secondary N) is 1. The summed E-state index contributed by atoms with van der Waals surface area (Å²) in [7, 11) is 1.71. The highest BCUT2D eigenvalue weighted by atomic mass is 16.5. The highest BCUT2D eigenvalue weighted by molar-refractivity contribution is 5.75. The molecule has 1 N–H and O–H groups in total. The second-order valence-electron chi connectivity index (χ2n) is 4.46. The van der Waals surface area contributed by atoms with Crippen molar-refractivity contribution in [2.24, 2.45) is 0 Å². The monoisotopic (exact) mass is 233 g/mol. The van der Waals surface area contributed by atoms with E-state index in [0.29, 0.717) is 6.42 Å². The molecule has 0 spiro atoms. The minimum Gasteiger partial charge on any atom is -0.496 e. The Morgan fingerprint density at radius 2 is 2.35 bits per heavy atom. The lowest BCUT2D eigenvalue weighted by molar-refractivity contribution is -0.121. The standard InChI is InChI=1S/C14H19NO2/c1-3-14(16)15-11-7-8-12-10(9-11)5-4-6-13(12)17-2/h4-6,11H,3,7-9H2,1-2H3,(H,15,16)/t11-/m0/s1. The van der Waals surface area contributed by atoms with E-state index in [4.69, 9.17) is 4.74 Å². The Balaban J connectivity index is 2.11. The van der Waals surface area contributed by atoms with Crippen LogP contribution in [0.4, 0.5) is 0 Å². The van der Waals surface area contributed by atoms with E-state index < -0.39 is 0 Å². The zero-order chi connectivity index (χ0) is 12.3. The van der Waals surface area contributed by atoms with Gasteiger partial charge in [-0.15, -0.1) is 0 Å². The second kappa shape index (κ2) is 5.21. The van der Waals surface area contributed by atoms with Crippen molar-refractivity contribution >= 4 is 5.91 Å². The Labute approximate surface area is 102 Å². The van der Waals surface area contributed by atoms with Gasteiger partial charge in [0.15, 0.2) is 0 Å². The van der Waals surface area contributed by atoms with E-state index in [9.17, 15) is 4.79 Å². The number of hydrogen-bond donors (Lipinski definition) is 1. The van der Waals surface area contributed by atoms with E-state index in [1.54, 1.807) is 7.11 Å². The smallest absolute Gasteiger partial charge is 0.219 e. The van der Waals surface area contributed by atoms with Crippen molar-refractivity contribution in [2.75, 3.05) is 7.11 Å². The molecule has 0 bridgehead atoms. The fourth-order valence-corrected chi connectivity index (χ4v) is 2.42. The molecule has 0 heterocycles. The molecule has 0 saturated heterocycles. The molecule has 1 aromatic carbocycles. The molecular weight excluding hydrogens is 214 g/mol. The lowest BCUT2D eigenvalue weighted by Gasteiger charge is -2.26. The molecule has 3 nitrogen and oxygen atoms in total. The molecule has 3 heteroatoms. The molecule has 0 fully saturated rings. The summed E-state index contributed by atoms with van der Waals surface area (Å²) < 4.78 is 5.36. The van der Waals surface area contributed by atoms with Crippen molar-refractivity contribution in [3.05, 3.63) is 29.3 Å². The zero-order valence-corrected chi connectivity index (χ0v) is 10.5. The predicted octanol–water partition coefficient (Wildman–Crippen LogP) is 2.08. The van der Waals surface area contributed by atoms with Crippen LogP contribution >= 0.6 is 0 Å². The van der Waals surface area contributed by atoms with Crippen molar-refractivity contribution in [3.63, 3.8) is 0 Å². The number of carbonyl (C=O) groups excluding carboxylic acids is 1. The summed E-state index contributed by atoms with van der Waals surface area (Å²) in [6, 6.07) is 6.43. The van der Waals surface area contributed by atoms with E-state index in [0.717, 1.165) is 25.0 Å². The quantitative estimate of drug-likeness (QED) is 0.868. The number of methoxy groups -OCH3 is 1. The largest absolute Gasteiger partial charge is 0.496 e. The molecule has 2 rings (SSSR count). The predicted molar refractivity (Wildman–Crippen MR) is 67.2 cm³/mol. The van der Waals surface area contributed by atoms with Gasteiger partial charge >= 0.3 is 0 Å². The Kier molecular flexibility index (Phi) is 3.67. The lowest BCUT2D eigenvalue weighted by Crippen LogP contribution is -2.38. The summed E-state index contributed by atoms with van der Waals surface area (Å²) >= 11 is 0. The van der Waals surface area contributed by atoms with Gasteiger partial charge in [-0.05, 0) is 36.5 Å². The fourth-order valence-electron chi connectivity index (χ4n) is 2.42. The molecule has 0 unspecified atom stereocenters. The zero-order valence-electron chi connectivity index (χ0n) is 10.5. The molecule has 1 amide bonds. The summed E-state index contributed by atoms with van der Waals surface area (Å²) in [6.07, 6.45) is 3.45. The highest BCUT2D eigenvalue weighted by Crippen LogP contribution is 2.29. The average Bonchev–Trinajstić information content (AvgIpc) is 2.37. The van der Waals surface area contributed by atoms with E-state index in [1.165, 1.54) is 11.1 Å². The van der Waals surface area contributed by atoms with E-state index in [-0.39, 0.29) is 11.9 Å². The number of rotatable bonds is 3. The third-order valence-corrected chi connectivity index (χ3v) is 3.35. The van der Waals surface area contributed by atoms with E-state index >= 15 is 0 Å². The number of benzene rings is 1. The van der Waals surface area contributed by atoms with Gasteiger partial charge < -0.3 is 10.1 Å². The summed E-state index contributed by atoms with van der Waals surface area (Å²) in [5, 5.41) is 3.07. The summed E-state index contributed by atoms with van der Waals surface area (Å²) in [6.45, 7) is 1.88. The summed E-state index contributed by atoms with van der Waals surface area (Å²) in [4.78, 5) is 11.4. The van der Waals surface area contributed by atoms with Crippen LogP contribution in [0.1, 0.15) is 30.9 Å². The van der Waals surface area contributed by atoms with E-state index in [2.05, 4.69) is 11.4 Å². The first kappa shape index (κ1) is 12.0. The Hall–Kier alpha value is -1.51. The number of fused-ring (bicyclic) bond motifs is 1. The van der Waals surface area contributed by atoms with Crippen molar-refractivity contribution in [1.82, 2.24) is 5.32 Å². The maximum Gasteiger partial charge on any atom is 0.219 e. The van der Waals surface area contributed by atoms with Crippen molar-refractivity contribution < 1.29 is 9.53 Å². The van der Waals surface area contributed by atoms with E-state index in [1.807, 2.05) is 19.1 Å². The minimum atomic E-state index is 0.140. The normalized spacial score (nSPS) is 18.4. The van der Waals surface area contributed by atoms with Crippen LogP contribution in [0.15, 0.2) is 18.2 Å². The Morgan fingerprint density at radius 1 is 1.53 bits per heavy atom. The average molecular weight is 233 g/mol. The molecular formula is C14H19NO2. The minimum absolute atomic E-state index is 0.140. The molecule has 1 aliphatic carbocycles. The van der Waals surface area contributed by atoms with Gasteiger partial charge in [0.05, 0.1) is 7.11 Å². The first-order valence-corrected chi connectivity index (χ1v) is 6.18. The molecule has 0 aromatic heterocycles. The number of carbonyl (C=O) groups is 1. The van der Waals surface area contributed by atoms with Crippen molar-refractivity contribution in [2.45, 2.75) is 38.6 Å². The summed E-state index contributed by atoms with van der Waals surface area (Å²) in [5.74, 6) is 1.11. The Bertz CT molecular complexity index is 415. The number of ether oxygens (including phenoxy) is 1. The third-order valence-electron chi connectivity index (χ3n) is 3.35. The van der Waals surface area contributed by atoms with Crippen LogP contribution < -0.4 is 10.1 Å². The first-order chi connectivity index (χ1) is 8.24. The second-order valence-corrected chi connectivity index (χ2v) is 4.46. The topological polar surface area (TPSA) is 38.3 Å². The van der Waals surface area contributed by atoms with Gasteiger partial charge in [0.25, 0.3) is 0 Å². The molecule has 17 heavy (non-hydrogen) atoms. The maximum atomic E-state index is 11.4. The van der Waals surface area contributed by atoms with Crippen LogP contribution in [0.2, 0.25) is 0 Å². The number of amides is 1. The molecule has 1 aliphatic rings. The van der Waals surface area contributed by atoms with Gasteiger partial charge in [0.2, 0.25) is 5.91 Å². The lowest BCUT2D eigenvalue weighted by atomic mass is 9.87. The van der Waals surface area contributed by atoms with Crippen LogP contribution in [-0.2, 0) is 17.6 Å². The molecule has 92 valence electrons. The molecule has 1 atom stereocenters. The van der Waals surface area contributed by atoms with Crippen molar-refractivity contribution in [3.8, 4) is 5.75 Å². The van der Waals surface area contributed by atoms with Crippen LogP contribution in [0.3, 0.4) is 0 Å². The van der Waals surface area contributed by atoms with Gasteiger partial charge in [-0.25, -0.2) is 0 Å². The maximum absolute atomic E-state index is 11.4. The van der Waals surface area contributed by atoms with Gasteiger partial charge in [-0.2, -0.15) is 0 Å². The van der Waals surface area contributed by atoms with Gasteiger partial charge in [0.1, 0.15) is 5.75 Å². The van der Waals surface area contributed by atoms with Crippen LogP contribution in [0, 0.1) is 0 Å². The molecule has 0 aliphatic heterocycles. The SMILES string of the molecule is CCC(=O)N[C@H]1CCc2c(cccc2OC)C1. The van der Waals surface area contributed by atoms with Crippen LogP contribution in [0.25, 0.3) is 0 Å². The van der Waals surface area contributed by atoms with Gasteiger partial charge in [0, 0.05) is 12.5 Å².